The van der Waals surface area contributed by atoms with Gasteiger partial charge in [0.25, 0.3) is 0 Å². The summed E-state index contributed by atoms with van der Waals surface area (Å²) >= 11 is 0. The van der Waals surface area contributed by atoms with Crippen molar-refractivity contribution in [3.8, 4) is 11.5 Å². The lowest BCUT2D eigenvalue weighted by Gasteiger charge is -2.36. The number of para-hydroxylation sites is 1. The monoisotopic (exact) mass is 376 g/mol. The van der Waals surface area contributed by atoms with E-state index in [2.05, 4.69) is 0 Å². The first-order valence-electron chi connectivity index (χ1n) is 8.14. The summed E-state index contributed by atoms with van der Waals surface area (Å²) in [5, 5.41) is 9.39. The number of carboxylic acid groups (broad SMARTS) is 1. The van der Waals surface area contributed by atoms with Gasteiger partial charge in [-0.2, -0.15) is 4.31 Å². The first-order chi connectivity index (χ1) is 12.4. The Morgan fingerprint density at radius 1 is 1.04 bits per heavy atom. The number of likely N-dealkylation sites (N-methyl/N-ethyl adjacent to an activating group) is 1. The summed E-state index contributed by atoms with van der Waals surface area (Å²) in [4.78, 5) is 13.3. The van der Waals surface area contributed by atoms with Gasteiger partial charge >= 0.3 is 5.97 Å². The van der Waals surface area contributed by atoms with E-state index in [1.165, 1.54) is 12.1 Å². The number of hydrogen-bond acceptors (Lipinski definition) is 5. The number of rotatable bonds is 5. The van der Waals surface area contributed by atoms with E-state index in [0.717, 1.165) is 4.31 Å². The van der Waals surface area contributed by atoms with Gasteiger partial charge in [-0.3, -0.25) is 4.79 Å². The molecule has 1 unspecified atom stereocenters. The van der Waals surface area contributed by atoms with E-state index in [1.807, 2.05) is 23.1 Å². The summed E-state index contributed by atoms with van der Waals surface area (Å²) in [5.74, 6) is 0.000541. The van der Waals surface area contributed by atoms with Gasteiger partial charge in [0.05, 0.1) is 4.90 Å². The Bertz CT molecular complexity index is 868. The van der Waals surface area contributed by atoms with Crippen LogP contribution in [0.15, 0.2) is 59.5 Å². The van der Waals surface area contributed by atoms with Crippen LogP contribution in [0.2, 0.25) is 0 Å². The van der Waals surface area contributed by atoms with Crippen LogP contribution in [0.5, 0.6) is 11.5 Å². The molecule has 7 nitrogen and oxygen atoms in total. The molecule has 2 aromatic carbocycles. The maximum atomic E-state index is 12.9. The zero-order valence-corrected chi connectivity index (χ0v) is 15.1. The minimum Gasteiger partial charge on any atom is -0.480 e. The summed E-state index contributed by atoms with van der Waals surface area (Å²) in [6.45, 7) is 0.778. The van der Waals surface area contributed by atoms with Crippen molar-refractivity contribution in [3.63, 3.8) is 0 Å². The molecule has 1 atom stereocenters. The number of hydrogen-bond donors (Lipinski definition) is 1. The number of carbonyl (C=O) groups is 1. The highest BCUT2D eigenvalue weighted by Crippen LogP contribution is 2.26. The van der Waals surface area contributed by atoms with E-state index in [9.17, 15) is 18.3 Å². The molecule has 1 heterocycles. The molecule has 8 heteroatoms. The highest BCUT2D eigenvalue weighted by molar-refractivity contribution is 7.89. The SMILES string of the molecule is CN1CCN(S(=O)(=O)c2ccc(Oc3ccccc3)cc2)C(C(=O)O)C1. The maximum absolute atomic E-state index is 12.9. The third-order valence-electron chi connectivity index (χ3n) is 4.23. The number of piperazine rings is 1. The molecular weight excluding hydrogens is 356 g/mol. The zero-order chi connectivity index (χ0) is 18.7. The lowest BCUT2D eigenvalue weighted by atomic mass is 10.2. The lowest BCUT2D eigenvalue weighted by molar-refractivity contribution is -0.143. The summed E-state index contributed by atoms with van der Waals surface area (Å²) in [6.07, 6.45) is 0. The van der Waals surface area contributed by atoms with Crippen LogP contribution in [0.1, 0.15) is 0 Å². The topological polar surface area (TPSA) is 87.2 Å². The van der Waals surface area contributed by atoms with Crippen molar-refractivity contribution in [2.24, 2.45) is 0 Å². The third-order valence-corrected chi connectivity index (χ3v) is 6.15. The number of sulfonamides is 1. The van der Waals surface area contributed by atoms with Crippen molar-refractivity contribution in [2.75, 3.05) is 26.7 Å². The second-order valence-corrected chi connectivity index (χ2v) is 8.01. The number of benzene rings is 2. The van der Waals surface area contributed by atoms with Crippen LogP contribution in [-0.4, -0.2) is 61.4 Å². The Labute approximate surface area is 152 Å². The van der Waals surface area contributed by atoms with E-state index >= 15 is 0 Å². The molecule has 0 saturated carbocycles. The average Bonchev–Trinajstić information content (AvgIpc) is 2.62. The molecule has 1 fully saturated rings. The van der Waals surface area contributed by atoms with Gasteiger partial charge in [-0.1, -0.05) is 18.2 Å². The van der Waals surface area contributed by atoms with Crippen LogP contribution in [0, 0.1) is 0 Å². The van der Waals surface area contributed by atoms with Crippen molar-refractivity contribution >= 4 is 16.0 Å². The van der Waals surface area contributed by atoms with Crippen molar-refractivity contribution in [1.82, 2.24) is 9.21 Å². The predicted octanol–water partition coefficient (Wildman–Crippen LogP) is 1.87. The molecule has 2 aromatic rings. The molecule has 0 aromatic heterocycles. The molecular formula is C18H20N2O5S. The average molecular weight is 376 g/mol. The Balaban J connectivity index is 1.82. The van der Waals surface area contributed by atoms with Gasteiger partial charge in [0.2, 0.25) is 10.0 Å². The summed E-state index contributed by atoms with van der Waals surface area (Å²) in [7, 11) is -2.13. The van der Waals surface area contributed by atoms with Crippen molar-refractivity contribution in [2.45, 2.75) is 10.9 Å². The summed E-state index contributed by atoms with van der Waals surface area (Å²) < 4.78 is 32.5. The molecule has 1 N–H and O–H groups in total. The third kappa shape index (κ3) is 3.87. The Hall–Kier alpha value is -2.42. The van der Waals surface area contributed by atoms with Gasteiger partial charge in [0.15, 0.2) is 0 Å². The molecule has 138 valence electrons. The predicted molar refractivity (Wildman–Crippen MR) is 95.8 cm³/mol. The minimum absolute atomic E-state index is 0.0497. The Morgan fingerprint density at radius 3 is 2.27 bits per heavy atom. The molecule has 1 aliphatic heterocycles. The standard InChI is InChI=1S/C18H20N2O5S/c1-19-11-12-20(17(13-19)18(21)22)26(23,24)16-9-7-15(8-10-16)25-14-5-3-2-4-6-14/h2-10,17H,11-13H2,1H3,(H,21,22). The molecule has 0 amide bonds. The van der Waals surface area contributed by atoms with E-state index in [0.29, 0.717) is 18.0 Å². The first-order valence-corrected chi connectivity index (χ1v) is 9.58. The molecule has 0 aliphatic carbocycles. The second kappa shape index (κ2) is 7.45. The Morgan fingerprint density at radius 2 is 1.65 bits per heavy atom. The quantitative estimate of drug-likeness (QED) is 0.857. The molecule has 3 rings (SSSR count). The summed E-state index contributed by atoms with van der Waals surface area (Å²) in [5.41, 5.74) is 0. The number of aliphatic carboxylic acids is 1. The largest absolute Gasteiger partial charge is 0.480 e. The molecule has 1 aliphatic rings. The minimum atomic E-state index is -3.90. The van der Waals surface area contributed by atoms with E-state index in [-0.39, 0.29) is 18.0 Å². The van der Waals surface area contributed by atoms with Gasteiger partial charge in [0, 0.05) is 19.6 Å². The molecule has 0 radical (unpaired) electrons. The highest BCUT2D eigenvalue weighted by atomic mass is 32.2. The fourth-order valence-corrected chi connectivity index (χ4v) is 4.40. The molecule has 0 spiro atoms. The summed E-state index contributed by atoms with van der Waals surface area (Å²) in [6, 6.07) is 14.0. The normalized spacial score (nSPS) is 19.2. The smallest absolute Gasteiger partial charge is 0.323 e. The van der Waals surface area contributed by atoms with Gasteiger partial charge in [-0.15, -0.1) is 0 Å². The van der Waals surface area contributed by atoms with Crippen molar-refractivity contribution in [1.29, 1.82) is 0 Å². The van der Waals surface area contributed by atoms with Gasteiger partial charge in [0.1, 0.15) is 17.5 Å². The molecule has 0 bridgehead atoms. The zero-order valence-electron chi connectivity index (χ0n) is 14.3. The van der Waals surface area contributed by atoms with Crippen molar-refractivity contribution in [3.05, 3.63) is 54.6 Å². The molecule has 26 heavy (non-hydrogen) atoms. The number of nitrogens with zero attached hydrogens (tertiary/aromatic N) is 2. The maximum Gasteiger partial charge on any atom is 0.323 e. The van der Waals surface area contributed by atoms with Crippen LogP contribution in [0.3, 0.4) is 0 Å². The van der Waals surface area contributed by atoms with Gasteiger partial charge in [-0.25, -0.2) is 8.42 Å². The highest BCUT2D eigenvalue weighted by Gasteiger charge is 2.39. The van der Waals surface area contributed by atoms with Crippen LogP contribution in [0.4, 0.5) is 0 Å². The van der Waals surface area contributed by atoms with Crippen LogP contribution in [0.25, 0.3) is 0 Å². The second-order valence-electron chi connectivity index (χ2n) is 6.12. The fourth-order valence-electron chi connectivity index (χ4n) is 2.83. The number of carboxylic acids is 1. The Kier molecular flexibility index (Phi) is 5.26. The number of ether oxygens (including phenoxy) is 1. The lowest BCUT2D eigenvalue weighted by Crippen LogP contribution is -2.57. The molecule has 1 saturated heterocycles. The van der Waals surface area contributed by atoms with Crippen LogP contribution in [-0.2, 0) is 14.8 Å². The first kappa shape index (κ1) is 18.4. The van der Waals surface area contributed by atoms with Crippen LogP contribution >= 0.6 is 0 Å². The van der Waals surface area contributed by atoms with Gasteiger partial charge in [-0.05, 0) is 43.4 Å². The fraction of sp³-hybridized carbons (Fsp3) is 0.278. The van der Waals surface area contributed by atoms with Crippen LogP contribution < -0.4 is 4.74 Å². The van der Waals surface area contributed by atoms with E-state index < -0.39 is 22.0 Å². The van der Waals surface area contributed by atoms with Crippen molar-refractivity contribution < 1.29 is 23.1 Å². The van der Waals surface area contributed by atoms with Gasteiger partial charge < -0.3 is 14.7 Å². The van der Waals surface area contributed by atoms with E-state index in [1.54, 1.807) is 31.3 Å². The van der Waals surface area contributed by atoms with E-state index in [4.69, 9.17) is 4.74 Å².